The van der Waals surface area contributed by atoms with E-state index in [2.05, 4.69) is 33.1 Å². The lowest BCUT2D eigenvalue weighted by molar-refractivity contribution is -0.268. The van der Waals surface area contributed by atoms with Gasteiger partial charge in [0, 0.05) is 37.2 Å². The number of hydrogen-bond donors (Lipinski definition) is 3. The number of aliphatic hydroxyl groups is 1. The van der Waals surface area contributed by atoms with Crippen molar-refractivity contribution < 1.29 is 28.9 Å². The fourth-order valence-corrected chi connectivity index (χ4v) is 7.09. The molecule has 13 heteroatoms. The van der Waals surface area contributed by atoms with Crippen molar-refractivity contribution in [3.05, 3.63) is 131 Å². The molecule has 12 nitrogen and oxygen atoms in total. The molecule has 1 aromatic heterocycles. The predicted octanol–water partition coefficient (Wildman–Crippen LogP) is 5.54. The second-order valence-electron chi connectivity index (χ2n) is 12.6. The minimum atomic E-state index is -0.816. The number of benzene rings is 4. The van der Waals surface area contributed by atoms with Crippen LogP contribution in [0.5, 0.6) is 0 Å². The normalized spacial score (nSPS) is 19.1. The van der Waals surface area contributed by atoms with Crippen LogP contribution in [-0.4, -0.2) is 62.3 Å². The molecule has 1 fully saturated rings. The third-order valence-electron chi connectivity index (χ3n) is 9.05. The number of nitrogens with one attached hydrogen (secondary N) is 2. The number of aromatic nitrogens is 4. The molecular weight excluding hydrogens is 681 g/mol. The minimum absolute atomic E-state index is 0.0220. The van der Waals surface area contributed by atoms with Crippen LogP contribution in [-0.2, 0) is 45.6 Å². The Morgan fingerprint density at radius 3 is 2.33 bits per heavy atom. The van der Waals surface area contributed by atoms with E-state index in [0.717, 1.165) is 38.9 Å². The maximum atomic E-state index is 12.8. The molecule has 270 valence electrons. The zero-order valence-electron chi connectivity index (χ0n) is 29.2. The van der Waals surface area contributed by atoms with Crippen LogP contribution in [0.3, 0.4) is 0 Å². The number of esters is 1. The molecule has 2 amide bonds. The second-order valence-corrected chi connectivity index (χ2v) is 13.6. The number of urea groups is 1. The number of amides is 2. The van der Waals surface area contributed by atoms with Gasteiger partial charge in [0.1, 0.15) is 6.04 Å². The van der Waals surface area contributed by atoms with E-state index in [1.54, 1.807) is 4.68 Å². The average Bonchev–Trinajstić information content (AvgIpc) is 3.60. The highest BCUT2D eigenvalue weighted by atomic mass is 32.2. The first-order valence-corrected chi connectivity index (χ1v) is 18.0. The number of hydrogen-bond acceptors (Lipinski definition) is 10. The van der Waals surface area contributed by atoms with Gasteiger partial charge >= 0.3 is 12.0 Å². The van der Waals surface area contributed by atoms with Crippen LogP contribution in [0.1, 0.15) is 47.1 Å². The van der Waals surface area contributed by atoms with E-state index in [-0.39, 0.29) is 31.3 Å². The van der Waals surface area contributed by atoms with E-state index < -0.39 is 24.3 Å². The van der Waals surface area contributed by atoms with Crippen LogP contribution in [0.2, 0.25) is 0 Å². The largest absolute Gasteiger partial charge is 0.467 e. The highest BCUT2D eigenvalue weighted by Gasteiger charge is 2.38. The first kappa shape index (κ1) is 36.7. The lowest BCUT2D eigenvalue weighted by Gasteiger charge is -2.41. The highest BCUT2D eigenvalue weighted by Crippen LogP contribution is 2.43. The van der Waals surface area contributed by atoms with Gasteiger partial charge in [-0.1, -0.05) is 116 Å². The predicted molar refractivity (Wildman–Crippen MR) is 196 cm³/mol. The first-order chi connectivity index (χ1) is 25.3. The molecule has 0 unspecified atom stereocenters. The Morgan fingerprint density at radius 2 is 1.63 bits per heavy atom. The molecular formula is C39H42N6O6S. The smallest absolute Gasteiger partial charge is 0.328 e. The SMILES string of the molecule is COC(=O)[C@H](Cc1ccccc1)NC(=O)NCc1cccc(-c2ccc([C@@H]3O[C@H](CSc4nnnn4C)[C@H](C)[C@H](c4ccc(CO)cc4)O3)cc2)c1. The van der Waals surface area contributed by atoms with Crippen LogP contribution in [0, 0.1) is 5.92 Å². The van der Waals surface area contributed by atoms with Gasteiger partial charge in [0.05, 0.1) is 25.9 Å². The quantitative estimate of drug-likeness (QED) is 0.105. The summed E-state index contributed by atoms with van der Waals surface area (Å²) in [4.78, 5) is 25.2. The molecule has 1 aliphatic rings. The van der Waals surface area contributed by atoms with Crippen molar-refractivity contribution in [2.24, 2.45) is 13.0 Å². The summed E-state index contributed by atoms with van der Waals surface area (Å²) in [5.74, 6) is 0.148. The van der Waals surface area contributed by atoms with E-state index >= 15 is 0 Å². The van der Waals surface area contributed by atoms with Crippen molar-refractivity contribution in [3.8, 4) is 11.1 Å². The third-order valence-corrected chi connectivity index (χ3v) is 10.2. The Bertz CT molecular complexity index is 1920. The van der Waals surface area contributed by atoms with Crippen LogP contribution in [0.15, 0.2) is 108 Å². The molecule has 6 rings (SSSR count). The number of carbonyl (C=O) groups is 2. The Hall–Kier alpha value is -5.08. The molecule has 5 aromatic rings. The number of thioether (sulfide) groups is 1. The van der Waals surface area contributed by atoms with Gasteiger partial charge in [0.15, 0.2) is 6.29 Å². The standard InChI is InChI=1S/C39H42N6O6S/c1-25-34(24-52-39-42-43-44-45(39)2)50-37(51-35(25)30-14-12-27(23-46)13-15-30)31-18-16-29(17-19-31)32-11-7-10-28(20-32)22-40-38(48)41-33(36(47)49-3)21-26-8-5-4-6-9-26/h4-20,25,33-35,37,46H,21-24H2,1-3H3,(H2,40,41,48)/t25-,33-,34+,35+,37+/m0/s1. The topological polar surface area (TPSA) is 150 Å². The molecule has 4 aromatic carbocycles. The number of rotatable bonds is 13. The zero-order valence-corrected chi connectivity index (χ0v) is 30.0. The molecule has 0 aliphatic carbocycles. The summed E-state index contributed by atoms with van der Waals surface area (Å²) in [6.07, 6.45) is -0.691. The lowest BCUT2D eigenvalue weighted by atomic mass is 9.91. The van der Waals surface area contributed by atoms with Crippen molar-refractivity contribution in [3.63, 3.8) is 0 Å². The summed E-state index contributed by atoms with van der Waals surface area (Å²) >= 11 is 1.54. The number of aryl methyl sites for hydroxylation is 1. The van der Waals surface area contributed by atoms with Gasteiger partial charge in [0.25, 0.3) is 0 Å². The highest BCUT2D eigenvalue weighted by molar-refractivity contribution is 7.99. The van der Waals surface area contributed by atoms with Gasteiger partial charge < -0.3 is 30.0 Å². The molecule has 0 spiro atoms. The van der Waals surface area contributed by atoms with E-state index in [0.29, 0.717) is 17.3 Å². The number of nitrogens with zero attached hydrogens (tertiary/aromatic N) is 4. The zero-order chi connectivity index (χ0) is 36.5. The van der Waals surface area contributed by atoms with Crippen LogP contribution >= 0.6 is 11.8 Å². The lowest BCUT2D eigenvalue weighted by Crippen LogP contribution is -2.47. The number of ether oxygens (including phenoxy) is 3. The van der Waals surface area contributed by atoms with E-state index in [9.17, 15) is 14.7 Å². The second kappa shape index (κ2) is 17.4. The fraction of sp³-hybridized carbons (Fsp3) is 0.308. The van der Waals surface area contributed by atoms with E-state index in [1.165, 1.54) is 18.9 Å². The van der Waals surface area contributed by atoms with Crippen LogP contribution < -0.4 is 10.6 Å². The van der Waals surface area contributed by atoms with E-state index in [1.807, 2.05) is 110 Å². The molecule has 0 radical (unpaired) electrons. The molecule has 0 saturated carbocycles. The van der Waals surface area contributed by atoms with E-state index in [4.69, 9.17) is 14.2 Å². The number of aliphatic hydroxyl groups excluding tert-OH is 1. The Morgan fingerprint density at radius 1 is 0.904 bits per heavy atom. The summed E-state index contributed by atoms with van der Waals surface area (Å²) in [6, 6.07) is 32.0. The minimum Gasteiger partial charge on any atom is -0.467 e. The van der Waals surface area contributed by atoms with Gasteiger partial charge in [-0.25, -0.2) is 14.3 Å². The molecule has 0 bridgehead atoms. The molecule has 1 saturated heterocycles. The molecule has 52 heavy (non-hydrogen) atoms. The van der Waals surface area contributed by atoms with Gasteiger partial charge in [-0.15, -0.1) is 5.10 Å². The summed E-state index contributed by atoms with van der Waals surface area (Å²) in [6.45, 7) is 2.37. The van der Waals surface area contributed by atoms with Gasteiger partial charge in [-0.2, -0.15) is 0 Å². The van der Waals surface area contributed by atoms with Crippen molar-refractivity contribution in [2.45, 2.75) is 56.2 Å². The summed E-state index contributed by atoms with van der Waals surface area (Å²) in [7, 11) is 3.12. The van der Waals surface area contributed by atoms with Gasteiger partial charge in [-0.3, -0.25) is 0 Å². The maximum absolute atomic E-state index is 12.8. The molecule has 5 atom stereocenters. The molecule has 2 heterocycles. The van der Waals surface area contributed by atoms with Crippen molar-refractivity contribution in [2.75, 3.05) is 12.9 Å². The molecule has 3 N–H and O–H groups in total. The average molecular weight is 723 g/mol. The Balaban J connectivity index is 1.12. The number of methoxy groups -OCH3 is 1. The monoisotopic (exact) mass is 722 g/mol. The molecule has 1 aliphatic heterocycles. The number of tetrazole rings is 1. The van der Waals surface area contributed by atoms with Crippen LogP contribution in [0.25, 0.3) is 11.1 Å². The summed E-state index contributed by atoms with van der Waals surface area (Å²) < 4.78 is 19.8. The Labute approximate surface area is 306 Å². The summed E-state index contributed by atoms with van der Waals surface area (Å²) in [5.41, 5.74) is 6.52. The summed E-state index contributed by atoms with van der Waals surface area (Å²) in [5, 5.41) is 27.7. The van der Waals surface area contributed by atoms with Crippen molar-refractivity contribution >= 4 is 23.8 Å². The van der Waals surface area contributed by atoms with Crippen molar-refractivity contribution in [1.29, 1.82) is 0 Å². The third kappa shape index (κ3) is 9.22. The van der Waals surface area contributed by atoms with Gasteiger partial charge in [0.2, 0.25) is 5.16 Å². The van der Waals surface area contributed by atoms with Crippen molar-refractivity contribution in [1.82, 2.24) is 30.8 Å². The maximum Gasteiger partial charge on any atom is 0.328 e. The number of carbonyl (C=O) groups excluding carboxylic acids is 2. The Kier molecular flexibility index (Phi) is 12.3. The van der Waals surface area contributed by atoms with Crippen LogP contribution in [0.4, 0.5) is 4.79 Å². The first-order valence-electron chi connectivity index (χ1n) is 17.0. The van der Waals surface area contributed by atoms with Gasteiger partial charge in [-0.05, 0) is 49.9 Å². The fourth-order valence-electron chi connectivity index (χ4n) is 6.08.